The molecule has 132 valence electrons. The maximum absolute atomic E-state index is 12.6. The highest BCUT2D eigenvalue weighted by molar-refractivity contribution is 6.74. The molecule has 0 N–H and O–H groups in total. The molecule has 8 heteroatoms. The molecular weight excluding hydrogens is 340 g/mol. The predicted octanol–water partition coefficient (Wildman–Crippen LogP) is 3.71. The fraction of sp³-hybridized carbons (Fsp3) is 0.733. The van der Waals surface area contributed by atoms with Crippen molar-refractivity contribution in [3.63, 3.8) is 0 Å². The van der Waals surface area contributed by atoms with Gasteiger partial charge in [-0.1, -0.05) is 19.6 Å². The first-order valence-electron chi connectivity index (χ1n) is 8.11. The zero-order valence-corrected chi connectivity index (χ0v) is 19.1. The van der Waals surface area contributed by atoms with Gasteiger partial charge in [-0.2, -0.15) is 0 Å². The minimum absolute atomic E-state index is 0.227. The Kier molecular flexibility index (Phi) is 6.22. The summed E-state index contributed by atoms with van der Waals surface area (Å²) in [6.07, 6.45) is 3.70. The van der Waals surface area contributed by atoms with Gasteiger partial charge in [0.2, 0.25) is 8.32 Å². The second-order valence-corrected chi connectivity index (χ2v) is 22.6. The molecule has 1 heterocycles. The molecule has 0 fully saturated rings. The average molecular weight is 373 g/mol. The number of hydrogen-bond donors (Lipinski definition) is 0. The number of rotatable bonds is 7. The molecule has 1 aromatic heterocycles. The zero-order chi connectivity index (χ0) is 18.1. The molecule has 23 heavy (non-hydrogen) atoms. The highest BCUT2D eigenvalue weighted by Crippen LogP contribution is 2.18. The van der Waals surface area contributed by atoms with Gasteiger partial charge in [-0.15, -0.1) is 0 Å². The summed E-state index contributed by atoms with van der Waals surface area (Å²) in [5, 5.41) is 0. The summed E-state index contributed by atoms with van der Waals surface area (Å²) in [6, 6.07) is 0. The van der Waals surface area contributed by atoms with Crippen LogP contribution in [0.1, 0.15) is 5.69 Å². The van der Waals surface area contributed by atoms with Crippen LogP contribution in [0.5, 0.6) is 0 Å². The molecule has 1 rings (SSSR count). The number of nitrogens with zero attached hydrogens (tertiary/aromatic N) is 2. The Hall–Kier alpha value is -0.709. The molecule has 0 bridgehead atoms. The number of carbonyl (C=O) groups excluding carboxylic acids is 1. The van der Waals surface area contributed by atoms with Crippen molar-refractivity contribution in [3.05, 3.63) is 18.2 Å². The normalized spacial score (nSPS) is 14.7. The molecule has 0 aliphatic carbocycles. The third kappa shape index (κ3) is 7.15. The fourth-order valence-corrected chi connectivity index (χ4v) is 5.43. The molecule has 0 saturated heterocycles. The Morgan fingerprint density at radius 2 is 1.65 bits per heavy atom. The van der Waals surface area contributed by atoms with Crippen molar-refractivity contribution in [2.24, 2.45) is 0 Å². The summed E-state index contributed by atoms with van der Waals surface area (Å²) in [5.41, 5.74) is 1.06. The van der Waals surface area contributed by atoms with Gasteiger partial charge >= 0.3 is 5.97 Å². The summed E-state index contributed by atoms with van der Waals surface area (Å²) in [4.78, 5) is 16.9. The van der Waals surface area contributed by atoms with Crippen LogP contribution in [-0.4, -0.2) is 46.2 Å². The molecule has 1 unspecified atom stereocenters. The van der Waals surface area contributed by atoms with E-state index in [9.17, 15) is 4.79 Å². The van der Waals surface area contributed by atoms with E-state index in [0.29, 0.717) is 6.42 Å². The molecular formula is C15H32N2O3Si3. The lowest BCUT2D eigenvalue weighted by molar-refractivity contribution is -0.143. The summed E-state index contributed by atoms with van der Waals surface area (Å²) in [7, 11) is -5.36. The van der Waals surface area contributed by atoms with E-state index in [0.717, 1.165) is 5.69 Å². The molecule has 0 radical (unpaired) electrons. The van der Waals surface area contributed by atoms with Gasteiger partial charge in [-0.3, -0.25) is 4.79 Å². The van der Waals surface area contributed by atoms with Crippen molar-refractivity contribution in [1.82, 2.24) is 9.22 Å². The van der Waals surface area contributed by atoms with Crippen molar-refractivity contribution in [3.8, 4) is 0 Å². The Morgan fingerprint density at radius 1 is 1.09 bits per heavy atom. The van der Waals surface area contributed by atoms with Crippen LogP contribution in [0.25, 0.3) is 0 Å². The number of aromatic nitrogens is 2. The summed E-state index contributed by atoms with van der Waals surface area (Å²) >= 11 is 0. The summed E-state index contributed by atoms with van der Waals surface area (Å²) < 4.78 is 14.1. The zero-order valence-electron chi connectivity index (χ0n) is 16.1. The highest BCUT2D eigenvalue weighted by Gasteiger charge is 2.33. The van der Waals surface area contributed by atoms with Gasteiger partial charge in [0.15, 0.2) is 16.6 Å². The van der Waals surface area contributed by atoms with Crippen LogP contribution >= 0.6 is 0 Å². The van der Waals surface area contributed by atoms with Crippen LogP contribution < -0.4 is 0 Å². The quantitative estimate of drug-likeness (QED) is 0.685. The molecule has 5 nitrogen and oxygen atoms in total. The van der Waals surface area contributed by atoms with Gasteiger partial charge in [-0.05, 0) is 39.3 Å². The Balaban J connectivity index is 3.03. The van der Waals surface area contributed by atoms with Crippen molar-refractivity contribution >= 4 is 30.8 Å². The van der Waals surface area contributed by atoms with Gasteiger partial charge in [0, 0.05) is 18.3 Å². The van der Waals surface area contributed by atoms with E-state index in [1.165, 1.54) is 0 Å². The van der Waals surface area contributed by atoms with Gasteiger partial charge < -0.3 is 13.1 Å². The third-order valence-corrected chi connectivity index (χ3v) is 6.65. The highest BCUT2D eigenvalue weighted by atomic mass is 28.4. The maximum atomic E-state index is 12.6. The first-order valence-corrected chi connectivity index (χ1v) is 18.4. The number of imidazole rings is 1. The van der Waals surface area contributed by atoms with Crippen molar-refractivity contribution in [2.75, 3.05) is 0 Å². The molecule has 0 spiro atoms. The standard InChI is InChI=1S/C15H32N2O3Si3/c1-21(2,3)17-12-16-11-13(17)10-14(19-22(4,5)6)15(18)20-23(7,8)9/h11-12,14H,10H2,1-9H3. The smallest absolute Gasteiger partial charge is 0.321 e. The van der Waals surface area contributed by atoms with Gasteiger partial charge in [0.1, 0.15) is 6.10 Å². The van der Waals surface area contributed by atoms with Crippen LogP contribution in [0.3, 0.4) is 0 Å². The van der Waals surface area contributed by atoms with E-state index in [1.54, 1.807) is 0 Å². The van der Waals surface area contributed by atoms with E-state index >= 15 is 0 Å². The number of carbonyl (C=O) groups is 1. The van der Waals surface area contributed by atoms with Gasteiger partial charge in [0.25, 0.3) is 0 Å². The molecule has 0 amide bonds. The molecule has 0 aliphatic heterocycles. The lowest BCUT2D eigenvalue weighted by Crippen LogP contribution is -2.43. The topological polar surface area (TPSA) is 53.3 Å². The Bertz CT molecular complexity index is 539. The predicted molar refractivity (Wildman–Crippen MR) is 102 cm³/mol. The van der Waals surface area contributed by atoms with E-state index in [2.05, 4.69) is 48.5 Å². The molecule has 0 aromatic carbocycles. The van der Waals surface area contributed by atoms with Crippen LogP contribution in [-0.2, 0) is 20.1 Å². The average Bonchev–Trinajstić information content (AvgIpc) is 2.71. The van der Waals surface area contributed by atoms with E-state index in [-0.39, 0.29) is 5.97 Å². The van der Waals surface area contributed by atoms with E-state index < -0.39 is 31.0 Å². The lowest BCUT2D eigenvalue weighted by atomic mass is 10.2. The summed E-state index contributed by atoms with van der Waals surface area (Å²) in [5.74, 6) is -0.227. The third-order valence-electron chi connectivity index (χ3n) is 3.00. The largest absolute Gasteiger partial charge is 0.518 e. The fourth-order valence-electron chi connectivity index (χ4n) is 2.23. The first kappa shape index (κ1) is 20.3. The van der Waals surface area contributed by atoms with Crippen LogP contribution in [0.15, 0.2) is 12.5 Å². The lowest BCUT2D eigenvalue weighted by Gasteiger charge is -2.29. The Labute approximate surface area is 143 Å². The first-order chi connectivity index (χ1) is 10.2. The van der Waals surface area contributed by atoms with E-state index in [1.807, 2.05) is 32.2 Å². The Morgan fingerprint density at radius 3 is 2.09 bits per heavy atom. The SMILES string of the molecule is C[Si](C)(C)OC(=O)C(Cc1cncn1[Si](C)(C)C)O[Si](C)(C)C. The van der Waals surface area contributed by atoms with Crippen LogP contribution in [0, 0.1) is 0 Å². The molecule has 1 atom stereocenters. The molecule has 1 aromatic rings. The maximum Gasteiger partial charge on any atom is 0.321 e. The molecule has 0 saturated carbocycles. The molecule has 0 aliphatic rings. The summed E-state index contributed by atoms with van der Waals surface area (Å²) in [6.45, 7) is 19.1. The number of hydrogen-bond acceptors (Lipinski definition) is 4. The van der Waals surface area contributed by atoms with E-state index in [4.69, 9.17) is 8.85 Å². The minimum Gasteiger partial charge on any atom is -0.518 e. The second-order valence-electron chi connectivity index (χ2n) is 8.88. The van der Waals surface area contributed by atoms with Crippen molar-refractivity contribution in [2.45, 2.75) is 71.4 Å². The van der Waals surface area contributed by atoms with Crippen molar-refractivity contribution < 1.29 is 13.6 Å². The second kappa shape index (κ2) is 7.04. The van der Waals surface area contributed by atoms with Crippen LogP contribution in [0.2, 0.25) is 58.9 Å². The monoisotopic (exact) mass is 372 g/mol. The minimum atomic E-state index is -1.94. The van der Waals surface area contributed by atoms with Gasteiger partial charge in [0.05, 0.1) is 6.33 Å². The van der Waals surface area contributed by atoms with Crippen molar-refractivity contribution in [1.29, 1.82) is 0 Å². The van der Waals surface area contributed by atoms with Crippen LogP contribution in [0.4, 0.5) is 0 Å². The van der Waals surface area contributed by atoms with Gasteiger partial charge in [-0.25, -0.2) is 4.98 Å².